The van der Waals surface area contributed by atoms with Gasteiger partial charge in [-0.05, 0) is 26.2 Å². The van der Waals surface area contributed by atoms with Gasteiger partial charge < -0.3 is 28.7 Å². The molecule has 1 atom stereocenters. The Bertz CT molecular complexity index is 1140. The van der Waals surface area contributed by atoms with E-state index in [0.29, 0.717) is 71.3 Å². The Morgan fingerprint density at radius 2 is 0.731 bits per heavy atom. The number of nitrogens with zero attached hydrogens (tertiary/aromatic N) is 4. The molecule has 0 spiro atoms. The summed E-state index contributed by atoms with van der Waals surface area (Å²) in [7, 11) is 1.42. The molecule has 1 saturated heterocycles. The van der Waals surface area contributed by atoms with Crippen LogP contribution in [0.15, 0.2) is 0 Å². The van der Waals surface area contributed by atoms with Crippen LogP contribution in [-0.2, 0) is 38.1 Å². The minimum Gasteiger partial charge on any atom is -0.469 e. The Labute approximate surface area is 412 Å². The topological polar surface area (TPSA) is 118 Å². The van der Waals surface area contributed by atoms with E-state index in [1.165, 1.54) is 142 Å². The van der Waals surface area contributed by atoms with Crippen LogP contribution in [0.2, 0.25) is 0 Å². The van der Waals surface area contributed by atoms with Crippen LogP contribution in [0.1, 0.15) is 227 Å². The number of carbonyl (C=O) groups excluding carboxylic acids is 4. The molecule has 1 rings (SSSR count). The maximum Gasteiger partial charge on any atom is 0.307 e. The Kier molecular flexibility index (Phi) is 43.2. The third kappa shape index (κ3) is 39.2. The third-order valence-electron chi connectivity index (χ3n) is 13.6. The van der Waals surface area contributed by atoms with Crippen molar-refractivity contribution in [1.82, 2.24) is 19.6 Å². The quantitative estimate of drug-likeness (QED) is 0.0328. The summed E-state index contributed by atoms with van der Waals surface area (Å²) in [6.45, 7) is 18.7. The minimum absolute atomic E-state index is 0.161. The van der Waals surface area contributed by atoms with Crippen molar-refractivity contribution in [1.29, 1.82) is 0 Å². The van der Waals surface area contributed by atoms with Gasteiger partial charge in [0, 0.05) is 78.0 Å². The summed E-state index contributed by atoms with van der Waals surface area (Å²) < 4.78 is 21.8. The fraction of sp³-hybridized carbons (Fsp3) is 0.927. The zero-order chi connectivity index (χ0) is 48.8. The normalized spacial score (nSPS) is 14.5. The molecule has 67 heavy (non-hydrogen) atoms. The number of methoxy groups -OCH3 is 1. The fourth-order valence-corrected chi connectivity index (χ4v) is 8.94. The van der Waals surface area contributed by atoms with Gasteiger partial charge in [-0.2, -0.15) is 0 Å². The molecule has 1 fully saturated rings. The summed E-state index contributed by atoms with van der Waals surface area (Å²) in [5.74, 6) is -0.737. The molecule has 0 bridgehead atoms. The number of ether oxygens (including phenoxy) is 4. The Morgan fingerprint density at radius 3 is 1.06 bits per heavy atom. The van der Waals surface area contributed by atoms with Crippen LogP contribution in [-0.4, -0.2) is 148 Å². The van der Waals surface area contributed by atoms with E-state index in [-0.39, 0.29) is 30.3 Å². The molecule has 0 aromatic carbocycles. The van der Waals surface area contributed by atoms with Crippen LogP contribution < -0.4 is 0 Å². The first-order valence-electron chi connectivity index (χ1n) is 28.2. The number of carbonyl (C=O) groups is 4. The number of hydrogen-bond acceptors (Lipinski definition) is 12. The molecule has 0 aromatic rings. The molecular weight excluding hydrogens is 845 g/mol. The van der Waals surface area contributed by atoms with Crippen molar-refractivity contribution in [3.63, 3.8) is 0 Å². The average molecular weight is 951 g/mol. The van der Waals surface area contributed by atoms with Gasteiger partial charge in [0.05, 0.1) is 52.6 Å². The van der Waals surface area contributed by atoms with Gasteiger partial charge >= 0.3 is 23.9 Å². The SMILES string of the molecule is CCCCCCCCCCCOC(=O)CCN(CCC(=O)OCCCCCCCCCCC)CCN1CCN(CCN(CCC(=O)OC)CCC(=O)OCCCCCCCCCCC)[C@@H](C)C1. The molecule has 394 valence electrons. The second-order valence-electron chi connectivity index (χ2n) is 19.6. The molecule has 12 heteroatoms. The zero-order valence-corrected chi connectivity index (χ0v) is 44.5. The number of esters is 4. The van der Waals surface area contributed by atoms with Gasteiger partial charge in [0.2, 0.25) is 0 Å². The lowest BCUT2D eigenvalue weighted by molar-refractivity contribution is -0.145. The summed E-state index contributed by atoms with van der Waals surface area (Å²) in [5, 5.41) is 0. The van der Waals surface area contributed by atoms with Gasteiger partial charge in [-0.15, -0.1) is 0 Å². The first-order valence-corrected chi connectivity index (χ1v) is 28.2. The molecule has 12 nitrogen and oxygen atoms in total. The Morgan fingerprint density at radius 1 is 0.418 bits per heavy atom. The molecule has 1 aliphatic rings. The van der Waals surface area contributed by atoms with E-state index in [9.17, 15) is 19.2 Å². The number of piperazine rings is 1. The van der Waals surface area contributed by atoms with Gasteiger partial charge in [-0.1, -0.05) is 175 Å². The lowest BCUT2D eigenvalue weighted by atomic mass is 10.1. The Hall–Kier alpha value is -2.28. The first-order chi connectivity index (χ1) is 32.7. The van der Waals surface area contributed by atoms with E-state index in [1.54, 1.807) is 0 Å². The van der Waals surface area contributed by atoms with Crippen molar-refractivity contribution >= 4 is 23.9 Å². The first kappa shape index (κ1) is 62.7. The zero-order valence-electron chi connectivity index (χ0n) is 44.5. The lowest BCUT2D eigenvalue weighted by Crippen LogP contribution is -2.54. The van der Waals surface area contributed by atoms with Gasteiger partial charge in [0.15, 0.2) is 0 Å². The van der Waals surface area contributed by atoms with E-state index < -0.39 is 0 Å². The number of rotatable bonds is 48. The molecule has 1 heterocycles. The monoisotopic (exact) mass is 951 g/mol. The summed E-state index contributed by atoms with van der Waals surface area (Å²) in [6, 6.07) is 0.332. The van der Waals surface area contributed by atoms with Crippen molar-refractivity contribution in [2.75, 3.05) is 98.9 Å². The Balaban J connectivity index is 2.56. The highest BCUT2D eigenvalue weighted by atomic mass is 16.5. The average Bonchev–Trinajstić information content (AvgIpc) is 3.33. The van der Waals surface area contributed by atoms with Crippen molar-refractivity contribution in [3.05, 3.63) is 0 Å². The van der Waals surface area contributed by atoms with Gasteiger partial charge in [-0.3, -0.25) is 29.0 Å². The van der Waals surface area contributed by atoms with Crippen molar-refractivity contribution in [2.45, 2.75) is 233 Å². The molecule has 0 unspecified atom stereocenters. The summed E-state index contributed by atoms with van der Waals surface area (Å²) in [4.78, 5) is 59.7. The van der Waals surface area contributed by atoms with Crippen molar-refractivity contribution < 1.29 is 38.1 Å². The number of unbranched alkanes of at least 4 members (excludes halogenated alkanes) is 24. The predicted octanol–water partition coefficient (Wildman–Crippen LogP) is 11.6. The largest absolute Gasteiger partial charge is 0.469 e. The van der Waals surface area contributed by atoms with Gasteiger partial charge in [0.25, 0.3) is 0 Å². The van der Waals surface area contributed by atoms with Gasteiger partial charge in [0.1, 0.15) is 0 Å². The minimum atomic E-state index is -0.245. The van der Waals surface area contributed by atoms with Crippen LogP contribution in [0.4, 0.5) is 0 Å². The molecule has 0 saturated carbocycles. The maximum atomic E-state index is 12.8. The molecule has 1 aliphatic heterocycles. The van der Waals surface area contributed by atoms with Crippen LogP contribution in [0.3, 0.4) is 0 Å². The van der Waals surface area contributed by atoms with Crippen LogP contribution >= 0.6 is 0 Å². The van der Waals surface area contributed by atoms with E-state index in [1.807, 2.05) is 0 Å². The summed E-state index contributed by atoms with van der Waals surface area (Å²) in [6.07, 6.45) is 34.4. The molecule has 0 amide bonds. The van der Waals surface area contributed by atoms with E-state index >= 15 is 0 Å². The highest BCUT2D eigenvalue weighted by molar-refractivity contribution is 5.70. The van der Waals surface area contributed by atoms with E-state index in [2.05, 4.69) is 47.3 Å². The highest BCUT2D eigenvalue weighted by Gasteiger charge is 2.25. The molecule has 0 aliphatic carbocycles. The summed E-state index contributed by atoms with van der Waals surface area (Å²) >= 11 is 0. The predicted molar refractivity (Wildman–Crippen MR) is 275 cm³/mol. The standard InChI is InChI=1S/C55H106N4O8/c1-6-9-12-15-18-21-24-27-30-47-65-53(61)34-38-56(39-35-54(62)66-48-31-28-25-22-19-16-13-10-7-2)41-42-58-44-46-59(51(4)50-58)45-43-57(37-33-52(60)64-5)40-36-55(63)67-49-32-29-26-23-20-17-14-11-8-3/h51H,6-50H2,1-5H3/t51-/m0/s1. The number of hydrogen-bond donors (Lipinski definition) is 0. The molecular formula is C55H106N4O8. The van der Waals surface area contributed by atoms with Gasteiger partial charge in [-0.25, -0.2) is 0 Å². The van der Waals surface area contributed by atoms with E-state index in [4.69, 9.17) is 18.9 Å². The highest BCUT2D eigenvalue weighted by Crippen LogP contribution is 2.14. The van der Waals surface area contributed by atoms with Crippen molar-refractivity contribution in [2.24, 2.45) is 0 Å². The van der Waals surface area contributed by atoms with Crippen LogP contribution in [0, 0.1) is 0 Å². The molecule has 0 N–H and O–H groups in total. The molecule has 0 radical (unpaired) electrons. The van der Waals surface area contributed by atoms with Crippen molar-refractivity contribution in [3.8, 4) is 0 Å². The smallest absolute Gasteiger partial charge is 0.307 e. The van der Waals surface area contributed by atoms with Crippen LogP contribution in [0.5, 0.6) is 0 Å². The lowest BCUT2D eigenvalue weighted by Gasteiger charge is -2.41. The summed E-state index contributed by atoms with van der Waals surface area (Å²) in [5.41, 5.74) is 0. The molecule has 0 aromatic heterocycles. The van der Waals surface area contributed by atoms with Crippen LogP contribution in [0.25, 0.3) is 0 Å². The van der Waals surface area contributed by atoms with E-state index in [0.717, 1.165) is 84.3 Å². The maximum absolute atomic E-state index is 12.8. The second-order valence-corrected chi connectivity index (χ2v) is 19.6. The third-order valence-corrected chi connectivity index (χ3v) is 13.6. The fourth-order valence-electron chi connectivity index (χ4n) is 8.94. The second kappa shape index (κ2) is 46.1.